The van der Waals surface area contributed by atoms with Gasteiger partial charge in [-0.1, -0.05) is 6.07 Å². The Hall–Kier alpha value is -1.40. The number of hydrogen-bond donors (Lipinski definition) is 2. The van der Waals surface area contributed by atoms with E-state index in [-0.39, 0.29) is 6.04 Å². The summed E-state index contributed by atoms with van der Waals surface area (Å²) < 4.78 is 8.22. The first-order chi connectivity index (χ1) is 9.85. The molecule has 0 radical (unpaired) electrons. The molecule has 102 valence electrons. The van der Waals surface area contributed by atoms with Crippen LogP contribution >= 0.6 is 22.7 Å². The van der Waals surface area contributed by atoms with Gasteiger partial charge in [-0.2, -0.15) is 0 Å². The maximum Gasteiger partial charge on any atom is 0.122 e. The minimum Gasteiger partial charge on any atom is -0.493 e. The largest absolute Gasteiger partial charge is 0.493 e. The molecule has 0 amide bonds. The number of ether oxygens (including phenoxy) is 1. The third-order valence-electron chi connectivity index (χ3n) is 3.66. The zero-order valence-corrected chi connectivity index (χ0v) is 12.4. The van der Waals surface area contributed by atoms with Crippen LogP contribution in [0.1, 0.15) is 22.0 Å². The van der Waals surface area contributed by atoms with Gasteiger partial charge in [-0.3, -0.25) is 5.84 Å². The molecule has 5 heteroatoms. The van der Waals surface area contributed by atoms with Crippen LogP contribution in [0, 0.1) is 0 Å². The van der Waals surface area contributed by atoms with Gasteiger partial charge < -0.3 is 4.74 Å². The van der Waals surface area contributed by atoms with Gasteiger partial charge in [0.2, 0.25) is 0 Å². The highest BCUT2D eigenvalue weighted by atomic mass is 32.1. The second-order valence-electron chi connectivity index (χ2n) is 4.86. The Morgan fingerprint density at radius 1 is 1.20 bits per heavy atom. The van der Waals surface area contributed by atoms with Gasteiger partial charge in [0.25, 0.3) is 0 Å². The minimum absolute atomic E-state index is 0.0468. The average Bonchev–Trinajstić information content (AvgIpc) is 3.13. The van der Waals surface area contributed by atoms with Gasteiger partial charge in [-0.05, 0) is 40.8 Å². The van der Waals surface area contributed by atoms with Crippen LogP contribution in [-0.2, 0) is 6.42 Å². The summed E-state index contributed by atoms with van der Waals surface area (Å²) in [5.41, 5.74) is 5.43. The summed E-state index contributed by atoms with van der Waals surface area (Å²) in [6, 6.07) is 10.8. The smallest absolute Gasteiger partial charge is 0.122 e. The van der Waals surface area contributed by atoms with Crippen molar-refractivity contribution in [2.24, 2.45) is 5.84 Å². The fourth-order valence-corrected chi connectivity index (χ4v) is 4.86. The highest BCUT2D eigenvalue weighted by Gasteiger charge is 2.19. The first kappa shape index (κ1) is 12.3. The second kappa shape index (κ2) is 4.86. The molecule has 4 rings (SSSR count). The Kier molecular flexibility index (Phi) is 3.00. The fourth-order valence-electron chi connectivity index (χ4n) is 2.66. The van der Waals surface area contributed by atoms with Gasteiger partial charge in [0, 0.05) is 20.7 Å². The molecule has 0 saturated carbocycles. The lowest BCUT2D eigenvalue weighted by atomic mass is 10.0. The van der Waals surface area contributed by atoms with E-state index in [4.69, 9.17) is 10.6 Å². The molecule has 20 heavy (non-hydrogen) atoms. The van der Waals surface area contributed by atoms with Crippen LogP contribution in [0.15, 0.2) is 35.7 Å². The van der Waals surface area contributed by atoms with E-state index >= 15 is 0 Å². The van der Waals surface area contributed by atoms with Crippen molar-refractivity contribution in [3.63, 3.8) is 0 Å². The Morgan fingerprint density at radius 3 is 3.00 bits per heavy atom. The van der Waals surface area contributed by atoms with Crippen molar-refractivity contribution in [1.29, 1.82) is 0 Å². The predicted octanol–water partition coefficient (Wildman–Crippen LogP) is 3.45. The van der Waals surface area contributed by atoms with Crippen LogP contribution in [0.3, 0.4) is 0 Å². The normalized spacial score (nSPS) is 15.2. The van der Waals surface area contributed by atoms with Crippen LogP contribution in [0.2, 0.25) is 0 Å². The van der Waals surface area contributed by atoms with E-state index < -0.39 is 0 Å². The molecule has 3 N–H and O–H groups in total. The van der Waals surface area contributed by atoms with Crippen LogP contribution in [0.5, 0.6) is 5.75 Å². The molecule has 3 nitrogen and oxygen atoms in total. The highest BCUT2D eigenvalue weighted by Crippen LogP contribution is 2.37. The molecule has 0 aliphatic carbocycles. The lowest BCUT2D eigenvalue weighted by Gasteiger charge is -2.15. The molecule has 0 bridgehead atoms. The zero-order valence-electron chi connectivity index (χ0n) is 10.8. The molecule has 1 unspecified atom stereocenters. The standard InChI is InChI=1S/C15H14N2OS2/c16-17-15(14-8-13-12(20-14)4-6-19-13)10-1-2-11-9(7-10)3-5-18-11/h1-2,4,6-8,15,17H,3,5,16H2. The molecule has 1 aliphatic rings. The SMILES string of the molecule is NNC(c1ccc2c(c1)CCO2)c1cc2sccc2s1. The first-order valence-corrected chi connectivity index (χ1v) is 8.23. The van der Waals surface area contributed by atoms with Crippen LogP contribution in [0.4, 0.5) is 0 Å². The predicted molar refractivity (Wildman–Crippen MR) is 84.5 cm³/mol. The van der Waals surface area contributed by atoms with E-state index in [1.807, 2.05) is 0 Å². The van der Waals surface area contributed by atoms with E-state index in [0.717, 1.165) is 18.8 Å². The molecule has 3 aromatic rings. The lowest BCUT2D eigenvalue weighted by Crippen LogP contribution is -2.28. The summed E-state index contributed by atoms with van der Waals surface area (Å²) in [6.07, 6.45) is 0.986. The topological polar surface area (TPSA) is 47.3 Å². The van der Waals surface area contributed by atoms with Crippen LogP contribution in [0.25, 0.3) is 9.40 Å². The van der Waals surface area contributed by atoms with Gasteiger partial charge >= 0.3 is 0 Å². The molecule has 1 aromatic carbocycles. The maximum atomic E-state index is 5.80. The first-order valence-electron chi connectivity index (χ1n) is 6.54. The van der Waals surface area contributed by atoms with Crippen LogP contribution < -0.4 is 16.0 Å². The number of thiophene rings is 2. The molecular weight excluding hydrogens is 288 g/mol. The Morgan fingerprint density at radius 2 is 2.15 bits per heavy atom. The third-order valence-corrected chi connectivity index (χ3v) is 5.81. The molecule has 2 aromatic heterocycles. The highest BCUT2D eigenvalue weighted by molar-refractivity contribution is 7.27. The third kappa shape index (κ3) is 1.94. The summed E-state index contributed by atoms with van der Waals surface area (Å²) >= 11 is 3.57. The number of rotatable bonds is 3. The van der Waals surface area contributed by atoms with Crippen molar-refractivity contribution in [3.8, 4) is 5.75 Å². The van der Waals surface area contributed by atoms with E-state index in [1.54, 1.807) is 22.7 Å². The monoisotopic (exact) mass is 302 g/mol. The number of hydrogen-bond acceptors (Lipinski definition) is 5. The molecule has 3 heterocycles. The van der Waals surface area contributed by atoms with E-state index in [2.05, 4.69) is 41.1 Å². The fraction of sp³-hybridized carbons (Fsp3) is 0.200. The van der Waals surface area contributed by atoms with Crippen molar-refractivity contribution in [2.45, 2.75) is 12.5 Å². The van der Waals surface area contributed by atoms with Gasteiger partial charge in [0.1, 0.15) is 5.75 Å². The van der Waals surface area contributed by atoms with Gasteiger partial charge in [0.15, 0.2) is 0 Å². The number of hydrazine groups is 1. The van der Waals surface area contributed by atoms with Crippen LogP contribution in [-0.4, -0.2) is 6.61 Å². The summed E-state index contributed by atoms with van der Waals surface area (Å²) in [5, 5.41) is 2.13. The van der Waals surface area contributed by atoms with Crippen molar-refractivity contribution in [1.82, 2.24) is 5.43 Å². The molecule has 1 aliphatic heterocycles. The summed E-state index contributed by atoms with van der Waals surface area (Å²) in [7, 11) is 0. The molecule has 0 fully saturated rings. The maximum absolute atomic E-state index is 5.80. The average molecular weight is 302 g/mol. The number of fused-ring (bicyclic) bond motifs is 2. The second-order valence-corrected chi connectivity index (χ2v) is 6.93. The molecular formula is C15H14N2OS2. The summed E-state index contributed by atoms with van der Waals surface area (Å²) in [4.78, 5) is 1.26. The number of benzene rings is 1. The Balaban J connectivity index is 1.75. The Labute approximate surface area is 125 Å². The Bertz CT molecular complexity index is 734. The molecule has 0 saturated heterocycles. The zero-order chi connectivity index (χ0) is 13.5. The summed E-state index contributed by atoms with van der Waals surface area (Å²) in [6.45, 7) is 0.786. The van der Waals surface area contributed by atoms with Crippen molar-refractivity contribution < 1.29 is 4.74 Å². The number of nitrogens with two attached hydrogens (primary N) is 1. The molecule has 1 atom stereocenters. The van der Waals surface area contributed by atoms with Gasteiger partial charge in [-0.25, -0.2) is 5.43 Å². The number of nitrogens with one attached hydrogen (secondary N) is 1. The minimum atomic E-state index is 0.0468. The summed E-state index contributed by atoms with van der Waals surface area (Å²) in [5.74, 6) is 6.81. The van der Waals surface area contributed by atoms with Gasteiger partial charge in [0.05, 0.1) is 12.6 Å². The van der Waals surface area contributed by atoms with Gasteiger partial charge in [-0.15, -0.1) is 22.7 Å². The van der Waals surface area contributed by atoms with Crippen molar-refractivity contribution in [2.75, 3.05) is 6.61 Å². The van der Waals surface area contributed by atoms with Crippen molar-refractivity contribution in [3.05, 3.63) is 51.7 Å². The van der Waals surface area contributed by atoms with E-state index in [0.29, 0.717) is 0 Å². The van der Waals surface area contributed by atoms with E-state index in [1.165, 1.54) is 25.4 Å². The quantitative estimate of drug-likeness (QED) is 0.575. The molecule has 0 spiro atoms. The van der Waals surface area contributed by atoms with E-state index in [9.17, 15) is 0 Å². The van der Waals surface area contributed by atoms with Crippen molar-refractivity contribution >= 4 is 32.1 Å². The lowest BCUT2D eigenvalue weighted by molar-refractivity contribution is 0.357.